The Balaban J connectivity index is 1.81. The summed E-state index contributed by atoms with van der Waals surface area (Å²) in [6.07, 6.45) is 1.64. The van der Waals surface area contributed by atoms with Gasteiger partial charge < -0.3 is 14.6 Å². The summed E-state index contributed by atoms with van der Waals surface area (Å²) in [6, 6.07) is 5.82. The number of likely N-dealkylation sites (tertiary alicyclic amines) is 1. The lowest BCUT2D eigenvalue weighted by Crippen LogP contribution is -2.46. The smallest absolute Gasteiger partial charge is 0.289 e. The first-order valence-corrected chi connectivity index (χ1v) is 9.44. The van der Waals surface area contributed by atoms with Gasteiger partial charge in [-0.05, 0) is 51.8 Å². The van der Waals surface area contributed by atoms with Crippen molar-refractivity contribution < 1.29 is 14.0 Å². The number of hydrogen-bond donors (Lipinski definition) is 1. The van der Waals surface area contributed by atoms with Crippen LogP contribution in [0.4, 0.5) is 0 Å². The molecule has 1 atom stereocenters. The first-order valence-electron chi connectivity index (χ1n) is 8.65. The summed E-state index contributed by atoms with van der Waals surface area (Å²) in [5.41, 5.74) is 1.55. The third kappa shape index (κ3) is 3.73. The third-order valence-electron chi connectivity index (χ3n) is 4.60. The van der Waals surface area contributed by atoms with Gasteiger partial charge in [0.1, 0.15) is 5.58 Å². The van der Waals surface area contributed by atoms with Crippen molar-refractivity contribution in [3.8, 4) is 0 Å². The maximum absolute atomic E-state index is 13.0. The highest BCUT2D eigenvalue weighted by Crippen LogP contribution is 2.30. The van der Waals surface area contributed by atoms with Gasteiger partial charge in [0.15, 0.2) is 5.76 Å². The maximum Gasteiger partial charge on any atom is 0.289 e. The second-order valence-corrected chi connectivity index (χ2v) is 7.87. The molecule has 1 aromatic heterocycles. The number of halogens is 1. The summed E-state index contributed by atoms with van der Waals surface area (Å²) in [7, 11) is 0. The van der Waals surface area contributed by atoms with Crippen LogP contribution in [0.3, 0.4) is 0 Å². The zero-order valence-corrected chi connectivity index (χ0v) is 16.4. The minimum Gasteiger partial charge on any atom is -0.451 e. The quantitative estimate of drug-likeness (QED) is 0.840. The Labute approximate surface area is 155 Å². The average Bonchev–Trinajstić information content (AvgIpc) is 2.90. The molecule has 6 heteroatoms. The van der Waals surface area contributed by atoms with Crippen LogP contribution in [-0.4, -0.2) is 35.8 Å². The number of hydrogen-bond acceptors (Lipinski definition) is 3. The lowest BCUT2D eigenvalue weighted by molar-refractivity contribution is -0.126. The van der Waals surface area contributed by atoms with Crippen LogP contribution in [0, 0.1) is 12.8 Å². The lowest BCUT2D eigenvalue weighted by Gasteiger charge is -2.32. The van der Waals surface area contributed by atoms with Crippen molar-refractivity contribution in [3.05, 3.63) is 34.0 Å². The van der Waals surface area contributed by atoms with Gasteiger partial charge in [-0.3, -0.25) is 9.59 Å². The van der Waals surface area contributed by atoms with Crippen LogP contribution in [-0.2, 0) is 4.79 Å². The van der Waals surface area contributed by atoms with E-state index in [4.69, 9.17) is 4.42 Å². The van der Waals surface area contributed by atoms with Gasteiger partial charge in [0.25, 0.3) is 5.91 Å². The molecule has 25 heavy (non-hydrogen) atoms. The third-order valence-corrected chi connectivity index (χ3v) is 5.10. The molecule has 134 valence electrons. The number of fused-ring (bicyclic) bond motifs is 1. The average molecular weight is 407 g/mol. The molecule has 2 aromatic rings. The molecule has 0 saturated carbocycles. The minimum absolute atomic E-state index is 0.0257. The van der Waals surface area contributed by atoms with Gasteiger partial charge in [0, 0.05) is 34.6 Å². The van der Waals surface area contributed by atoms with E-state index in [-0.39, 0.29) is 23.8 Å². The maximum atomic E-state index is 13.0. The number of amides is 2. The van der Waals surface area contributed by atoms with Crippen molar-refractivity contribution in [1.82, 2.24) is 10.2 Å². The van der Waals surface area contributed by atoms with Crippen LogP contribution in [0.25, 0.3) is 11.0 Å². The topological polar surface area (TPSA) is 62.6 Å². The number of benzene rings is 1. The largest absolute Gasteiger partial charge is 0.451 e. The van der Waals surface area contributed by atoms with Gasteiger partial charge in [-0.15, -0.1) is 0 Å². The van der Waals surface area contributed by atoms with E-state index >= 15 is 0 Å². The van der Waals surface area contributed by atoms with Crippen LogP contribution in [0.5, 0.6) is 0 Å². The fourth-order valence-corrected chi connectivity index (χ4v) is 3.68. The van der Waals surface area contributed by atoms with E-state index in [2.05, 4.69) is 21.2 Å². The van der Waals surface area contributed by atoms with Crippen molar-refractivity contribution in [2.24, 2.45) is 5.92 Å². The van der Waals surface area contributed by atoms with Gasteiger partial charge >= 0.3 is 0 Å². The number of piperidine rings is 1. The van der Waals surface area contributed by atoms with Crippen LogP contribution >= 0.6 is 15.9 Å². The molecule has 2 heterocycles. The molecule has 1 unspecified atom stereocenters. The Kier molecular flexibility index (Phi) is 5.18. The predicted molar refractivity (Wildman–Crippen MR) is 101 cm³/mol. The van der Waals surface area contributed by atoms with E-state index in [1.54, 1.807) is 4.90 Å². The van der Waals surface area contributed by atoms with Crippen LogP contribution in [0.1, 0.15) is 42.8 Å². The molecule has 0 aliphatic carbocycles. The minimum atomic E-state index is -0.154. The predicted octanol–water partition coefficient (Wildman–Crippen LogP) is 3.88. The second-order valence-electron chi connectivity index (χ2n) is 6.95. The summed E-state index contributed by atoms with van der Waals surface area (Å²) in [4.78, 5) is 27.0. The summed E-state index contributed by atoms with van der Waals surface area (Å²) in [5.74, 6) is 0.113. The fourth-order valence-electron chi connectivity index (χ4n) is 3.32. The second kappa shape index (κ2) is 7.20. The number of nitrogens with one attached hydrogen (secondary N) is 1. The highest BCUT2D eigenvalue weighted by molar-refractivity contribution is 9.10. The van der Waals surface area contributed by atoms with E-state index in [9.17, 15) is 9.59 Å². The molecular formula is C19H23BrN2O3. The van der Waals surface area contributed by atoms with E-state index in [0.717, 1.165) is 28.3 Å². The molecular weight excluding hydrogens is 384 g/mol. The lowest BCUT2D eigenvalue weighted by atomic mass is 9.96. The van der Waals surface area contributed by atoms with E-state index in [1.165, 1.54) is 0 Å². The van der Waals surface area contributed by atoms with Gasteiger partial charge in [-0.2, -0.15) is 0 Å². The molecule has 1 fully saturated rings. The molecule has 2 amide bonds. The monoisotopic (exact) mass is 406 g/mol. The Morgan fingerprint density at radius 2 is 2.12 bits per heavy atom. The number of aryl methyl sites for hydroxylation is 1. The number of carbonyl (C=O) groups excluding carboxylic acids is 2. The van der Waals surface area contributed by atoms with Crippen LogP contribution in [0.15, 0.2) is 27.1 Å². The summed E-state index contributed by atoms with van der Waals surface area (Å²) in [5, 5.41) is 3.88. The Morgan fingerprint density at radius 1 is 1.36 bits per heavy atom. The molecule has 1 aliphatic heterocycles. The van der Waals surface area contributed by atoms with E-state index in [0.29, 0.717) is 24.4 Å². The van der Waals surface area contributed by atoms with E-state index < -0.39 is 0 Å². The van der Waals surface area contributed by atoms with Crippen LogP contribution < -0.4 is 5.32 Å². The van der Waals surface area contributed by atoms with E-state index in [1.807, 2.05) is 39.0 Å². The Bertz CT molecular complexity index is 812. The molecule has 0 radical (unpaired) electrons. The Hall–Kier alpha value is -1.82. The van der Waals surface area contributed by atoms with Crippen molar-refractivity contribution in [2.75, 3.05) is 13.1 Å². The van der Waals surface area contributed by atoms with Crippen molar-refractivity contribution >= 4 is 38.7 Å². The standard InChI is InChI=1S/C19H23BrN2O3/c1-11(2)21-18(23)13-5-4-8-22(10-13)19(24)17-12(3)15-9-14(20)6-7-16(15)25-17/h6-7,9,11,13H,4-5,8,10H2,1-3H3,(H,21,23). The first-order chi connectivity index (χ1) is 11.9. The summed E-state index contributed by atoms with van der Waals surface area (Å²) < 4.78 is 6.77. The summed E-state index contributed by atoms with van der Waals surface area (Å²) >= 11 is 3.45. The molecule has 3 rings (SSSR count). The Morgan fingerprint density at radius 3 is 2.84 bits per heavy atom. The normalized spacial score (nSPS) is 18.0. The molecule has 1 saturated heterocycles. The molecule has 0 bridgehead atoms. The molecule has 1 N–H and O–H groups in total. The zero-order chi connectivity index (χ0) is 18.1. The molecule has 5 nitrogen and oxygen atoms in total. The van der Waals surface area contributed by atoms with Gasteiger partial charge in [0.05, 0.1) is 5.92 Å². The highest BCUT2D eigenvalue weighted by Gasteiger charge is 2.31. The zero-order valence-electron chi connectivity index (χ0n) is 14.8. The summed E-state index contributed by atoms with van der Waals surface area (Å²) in [6.45, 7) is 6.89. The van der Waals surface area contributed by atoms with Gasteiger partial charge in [0.2, 0.25) is 5.91 Å². The fraction of sp³-hybridized carbons (Fsp3) is 0.474. The number of rotatable bonds is 3. The molecule has 1 aromatic carbocycles. The first kappa shape index (κ1) is 18.0. The van der Waals surface area contributed by atoms with Gasteiger partial charge in [-0.25, -0.2) is 0 Å². The number of nitrogens with zero attached hydrogens (tertiary/aromatic N) is 1. The van der Waals surface area contributed by atoms with Crippen molar-refractivity contribution in [1.29, 1.82) is 0 Å². The van der Waals surface area contributed by atoms with Crippen molar-refractivity contribution in [3.63, 3.8) is 0 Å². The molecule has 1 aliphatic rings. The highest BCUT2D eigenvalue weighted by atomic mass is 79.9. The number of furan rings is 1. The van der Waals surface area contributed by atoms with Gasteiger partial charge in [-0.1, -0.05) is 15.9 Å². The van der Waals surface area contributed by atoms with Crippen LogP contribution in [0.2, 0.25) is 0 Å². The molecule has 0 spiro atoms. The van der Waals surface area contributed by atoms with Crippen molar-refractivity contribution in [2.45, 2.75) is 39.7 Å². The number of carbonyl (C=O) groups is 2. The SMILES string of the molecule is Cc1c(C(=O)N2CCCC(C(=O)NC(C)C)C2)oc2ccc(Br)cc12.